The summed E-state index contributed by atoms with van der Waals surface area (Å²) in [6, 6.07) is 7.73. The average molecular weight is 404 g/mol. The normalized spacial score (nSPS) is 24.2. The van der Waals surface area contributed by atoms with Crippen molar-refractivity contribution in [2.45, 2.75) is 43.6 Å². The molecule has 150 valence electrons. The van der Waals surface area contributed by atoms with E-state index in [1.807, 2.05) is 42.8 Å². The van der Waals surface area contributed by atoms with E-state index in [0.29, 0.717) is 18.0 Å². The summed E-state index contributed by atoms with van der Waals surface area (Å²) in [4.78, 5) is 25.4. The van der Waals surface area contributed by atoms with E-state index in [1.54, 1.807) is 7.11 Å². The van der Waals surface area contributed by atoms with Crippen molar-refractivity contribution in [1.82, 2.24) is 9.78 Å². The molecule has 2 aliphatic rings. The number of fused-ring (bicyclic) bond motifs is 1. The minimum atomic E-state index is -0.271. The number of thioether (sulfide) groups is 1. The number of rotatable bonds is 3. The van der Waals surface area contributed by atoms with Crippen LogP contribution in [-0.4, -0.2) is 40.8 Å². The van der Waals surface area contributed by atoms with Crippen molar-refractivity contribution in [1.29, 1.82) is 0 Å². The molecule has 8 heteroatoms. The lowest BCUT2D eigenvalue weighted by Gasteiger charge is -2.36. The first-order valence-electron chi connectivity index (χ1n) is 9.42. The highest BCUT2D eigenvalue weighted by molar-refractivity contribution is 8.00. The maximum absolute atomic E-state index is 13.0. The minimum absolute atomic E-state index is 0.0644. The first-order valence-corrected chi connectivity index (χ1v) is 10.5. The molecule has 0 saturated carbocycles. The predicted octanol–water partition coefficient (Wildman–Crippen LogP) is 3.09. The van der Waals surface area contributed by atoms with Crippen molar-refractivity contribution in [3.8, 4) is 5.75 Å². The summed E-state index contributed by atoms with van der Waals surface area (Å²) < 4.78 is 13.0. The molecule has 1 aromatic heterocycles. The Morgan fingerprint density at radius 1 is 1.32 bits per heavy atom. The third kappa shape index (κ3) is 3.58. The van der Waals surface area contributed by atoms with E-state index in [2.05, 4.69) is 10.4 Å². The summed E-state index contributed by atoms with van der Waals surface area (Å²) in [6.07, 6.45) is 1.55. The van der Waals surface area contributed by atoms with Crippen LogP contribution in [0.15, 0.2) is 29.1 Å². The smallest absolute Gasteiger partial charge is 0.270 e. The monoisotopic (exact) mass is 403 g/mol. The van der Waals surface area contributed by atoms with Gasteiger partial charge in [-0.1, -0.05) is 12.1 Å². The van der Waals surface area contributed by atoms with E-state index in [4.69, 9.17) is 9.47 Å². The molecule has 2 aromatic rings. The van der Waals surface area contributed by atoms with Crippen LogP contribution < -0.4 is 15.6 Å². The number of amides is 1. The maximum atomic E-state index is 13.0. The number of methoxy groups -OCH3 is 1. The molecule has 0 radical (unpaired) electrons. The van der Waals surface area contributed by atoms with Crippen LogP contribution in [0.5, 0.6) is 5.75 Å². The van der Waals surface area contributed by atoms with Gasteiger partial charge in [-0.15, -0.1) is 11.8 Å². The lowest BCUT2D eigenvalue weighted by atomic mass is 9.94. The Balaban J connectivity index is 1.80. The van der Waals surface area contributed by atoms with Crippen LogP contribution in [0.3, 0.4) is 0 Å². The highest BCUT2D eigenvalue weighted by atomic mass is 32.2. The molecular formula is C20H25N3O4S. The number of nitrogens with zero attached hydrogens (tertiary/aromatic N) is 1. The Kier molecular flexibility index (Phi) is 5.01. The molecule has 3 heterocycles. The third-order valence-corrected chi connectivity index (χ3v) is 6.57. The van der Waals surface area contributed by atoms with Crippen LogP contribution in [0, 0.1) is 0 Å². The number of carbonyl (C=O) groups excluding carboxylic acids is 1. The number of carbonyl (C=O) groups is 1. The van der Waals surface area contributed by atoms with Gasteiger partial charge in [-0.05, 0) is 44.4 Å². The van der Waals surface area contributed by atoms with Gasteiger partial charge in [0, 0.05) is 6.61 Å². The molecule has 0 bridgehead atoms. The molecule has 2 atom stereocenters. The van der Waals surface area contributed by atoms with Gasteiger partial charge < -0.3 is 14.8 Å². The molecule has 0 spiro atoms. The summed E-state index contributed by atoms with van der Waals surface area (Å²) in [7, 11) is 1.62. The molecule has 0 aliphatic carbocycles. The number of aromatic amines is 1. The summed E-state index contributed by atoms with van der Waals surface area (Å²) in [6.45, 7) is 4.72. The number of ether oxygens (including phenoxy) is 2. The number of aromatic nitrogens is 2. The molecule has 28 heavy (non-hydrogen) atoms. The van der Waals surface area contributed by atoms with E-state index < -0.39 is 0 Å². The van der Waals surface area contributed by atoms with E-state index in [1.165, 1.54) is 11.8 Å². The molecule has 1 saturated heterocycles. The second-order valence-corrected chi connectivity index (χ2v) is 8.94. The Bertz CT molecular complexity index is 949. The van der Waals surface area contributed by atoms with Crippen molar-refractivity contribution in [3.05, 3.63) is 45.7 Å². The molecule has 7 nitrogen and oxygen atoms in total. The maximum Gasteiger partial charge on any atom is 0.270 e. The van der Waals surface area contributed by atoms with Gasteiger partial charge in [-0.25, -0.2) is 0 Å². The fourth-order valence-electron chi connectivity index (χ4n) is 4.01. The Morgan fingerprint density at radius 3 is 2.89 bits per heavy atom. The first kappa shape index (κ1) is 19.1. The Hall–Kier alpha value is -2.19. The van der Waals surface area contributed by atoms with Gasteiger partial charge in [0.1, 0.15) is 11.6 Å². The fraction of sp³-hybridized carbons (Fsp3) is 0.500. The van der Waals surface area contributed by atoms with Gasteiger partial charge in [-0.3, -0.25) is 19.4 Å². The van der Waals surface area contributed by atoms with Gasteiger partial charge in [-0.2, -0.15) is 0 Å². The van der Waals surface area contributed by atoms with Gasteiger partial charge >= 0.3 is 0 Å². The molecule has 4 rings (SSSR count). The van der Waals surface area contributed by atoms with Crippen molar-refractivity contribution in [2.24, 2.45) is 0 Å². The standard InChI is InChI=1S/C20H25N3O4S/c1-20(2)10-13(7-8-27-20)23-18-16(19(25)22-23)17(28-11-15(24)21-18)12-5-4-6-14(9-12)26-3/h4-6,9,13,17H,7-8,10-11H2,1-3H3,(H,21,24)(H,22,25)/t13-,17-/m1/s1. The summed E-state index contributed by atoms with van der Waals surface area (Å²) in [5.41, 5.74) is 1.10. The lowest BCUT2D eigenvalue weighted by Crippen LogP contribution is -2.36. The third-order valence-electron chi connectivity index (χ3n) is 5.30. The topological polar surface area (TPSA) is 85.4 Å². The van der Waals surface area contributed by atoms with Crippen LogP contribution in [0.1, 0.15) is 49.1 Å². The number of anilines is 1. The fourth-order valence-corrected chi connectivity index (χ4v) is 5.12. The summed E-state index contributed by atoms with van der Waals surface area (Å²) >= 11 is 1.46. The zero-order valence-corrected chi connectivity index (χ0v) is 17.1. The number of H-pyrrole nitrogens is 1. The lowest BCUT2D eigenvalue weighted by molar-refractivity contribution is -0.113. The van der Waals surface area contributed by atoms with Crippen LogP contribution in [-0.2, 0) is 9.53 Å². The number of benzene rings is 1. The second kappa shape index (κ2) is 7.33. The quantitative estimate of drug-likeness (QED) is 0.823. The van der Waals surface area contributed by atoms with E-state index in [-0.39, 0.29) is 34.1 Å². The summed E-state index contributed by atoms with van der Waals surface area (Å²) in [5.74, 6) is 1.49. The number of hydrogen-bond acceptors (Lipinski definition) is 5. The van der Waals surface area contributed by atoms with Crippen LogP contribution in [0.4, 0.5) is 5.82 Å². The zero-order chi connectivity index (χ0) is 19.9. The van der Waals surface area contributed by atoms with Crippen LogP contribution in [0.2, 0.25) is 0 Å². The average Bonchev–Trinajstić information content (AvgIpc) is 2.87. The van der Waals surface area contributed by atoms with Gasteiger partial charge in [0.15, 0.2) is 0 Å². The van der Waals surface area contributed by atoms with Crippen LogP contribution in [0.25, 0.3) is 0 Å². The predicted molar refractivity (Wildman–Crippen MR) is 109 cm³/mol. The van der Waals surface area contributed by atoms with E-state index >= 15 is 0 Å². The molecule has 1 aromatic carbocycles. The van der Waals surface area contributed by atoms with Crippen molar-refractivity contribution < 1.29 is 14.3 Å². The molecular weight excluding hydrogens is 378 g/mol. The second-order valence-electron chi connectivity index (χ2n) is 7.84. The van der Waals surface area contributed by atoms with Crippen molar-refractivity contribution in [2.75, 3.05) is 24.8 Å². The highest BCUT2D eigenvalue weighted by Gasteiger charge is 2.36. The van der Waals surface area contributed by atoms with Gasteiger partial charge in [0.05, 0.1) is 35.3 Å². The molecule has 0 unspecified atom stereocenters. The van der Waals surface area contributed by atoms with Gasteiger partial charge in [0.25, 0.3) is 5.56 Å². The molecule has 2 aliphatic heterocycles. The Labute approximate surface area is 167 Å². The van der Waals surface area contributed by atoms with Crippen molar-refractivity contribution >= 4 is 23.5 Å². The van der Waals surface area contributed by atoms with Crippen LogP contribution >= 0.6 is 11.8 Å². The number of hydrogen-bond donors (Lipinski definition) is 2. The van der Waals surface area contributed by atoms with E-state index in [9.17, 15) is 9.59 Å². The minimum Gasteiger partial charge on any atom is -0.497 e. The zero-order valence-electron chi connectivity index (χ0n) is 16.3. The summed E-state index contributed by atoms with van der Waals surface area (Å²) in [5, 5.41) is 5.70. The molecule has 2 N–H and O–H groups in total. The van der Waals surface area contributed by atoms with E-state index in [0.717, 1.165) is 24.2 Å². The Morgan fingerprint density at radius 2 is 2.14 bits per heavy atom. The molecule has 1 fully saturated rings. The van der Waals surface area contributed by atoms with Crippen molar-refractivity contribution in [3.63, 3.8) is 0 Å². The largest absolute Gasteiger partial charge is 0.497 e. The first-order chi connectivity index (χ1) is 13.4. The van der Waals surface area contributed by atoms with Gasteiger partial charge in [0.2, 0.25) is 5.91 Å². The highest BCUT2D eigenvalue weighted by Crippen LogP contribution is 2.42. The SMILES string of the molecule is COc1cccc([C@H]2SCC(=O)Nc3c2c(=O)[nH]n3[C@@H]2CCOC(C)(C)C2)c1. The molecule has 1 amide bonds. The number of nitrogens with one attached hydrogen (secondary N) is 2.